The van der Waals surface area contributed by atoms with Gasteiger partial charge in [-0.15, -0.1) is 11.6 Å². The van der Waals surface area contributed by atoms with Crippen LogP contribution in [-0.2, 0) is 4.74 Å². The van der Waals surface area contributed by atoms with Crippen molar-refractivity contribution < 1.29 is 9.47 Å². The highest BCUT2D eigenvalue weighted by molar-refractivity contribution is 6.21. The molecular weight excluding hydrogens is 236 g/mol. The summed E-state index contributed by atoms with van der Waals surface area (Å²) in [6.07, 6.45) is 0.954. The summed E-state index contributed by atoms with van der Waals surface area (Å²) in [4.78, 5) is 0. The summed E-state index contributed by atoms with van der Waals surface area (Å²) >= 11 is 6.05. The molecule has 2 nitrogen and oxygen atoms in total. The molecule has 0 spiro atoms. The first-order chi connectivity index (χ1) is 8.11. The highest BCUT2D eigenvalue weighted by atomic mass is 35.5. The smallest absolute Gasteiger partial charge is 0.128 e. The molecule has 2 rings (SSSR count). The van der Waals surface area contributed by atoms with Gasteiger partial charge in [0.05, 0.1) is 5.38 Å². The number of alkyl halides is 1. The molecule has 0 saturated heterocycles. The lowest BCUT2D eigenvalue weighted by atomic mass is 9.91. The van der Waals surface area contributed by atoms with Crippen LogP contribution >= 0.6 is 11.6 Å². The summed E-state index contributed by atoms with van der Waals surface area (Å²) in [6, 6.07) is 8.24. The molecule has 94 valence electrons. The Morgan fingerprint density at radius 1 is 1.35 bits per heavy atom. The highest BCUT2D eigenvalue weighted by Gasteiger charge is 2.42. The Morgan fingerprint density at radius 2 is 2.12 bits per heavy atom. The van der Waals surface area contributed by atoms with Gasteiger partial charge in [0.1, 0.15) is 18.0 Å². The van der Waals surface area contributed by atoms with E-state index in [1.807, 2.05) is 12.1 Å². The van der Waals surface area contributed by atoms with Gasteiger partial charge in [-0.3, -0.25) is 0 Å². The van der Waals surface area contributed by atoms with Crippen LogP contribution in [-0.4, -0.2) is 24.7 Å². The molecule has 3 heteroatoms. The van der Waals surface area contributed by atoms with Crippen LogP contribution in [0.25, 0.3) is 0 Å². The Balaban J connectivity index is 2.02. The Morgan fingerprint density at radius 3 is 2.71 bits per heavy atom. The maximum atomic E-state index is 6.05. The Bertz CT molecular complexity index is 378. The third kappa shape index (κ3) is 2.75. The molecule has 0 heterocycles. The minimum absolute atomic E-state index is 0.0133. The molecule has 0 N–H and O–H groups in total. The first kappa shape index (κ1) is 12.7. The third-order valence-corrected chi connectivity index (χ3v) is 3.69. The monoisotopic (exact) mass is 254 g/mol. The topological polar surface area (TPSA) is 18.5 Å². The molecule has 1 saturated carbocycles. The van der Waals surface area contributed by atoms with Crippen LogP contribution in [0.1, 0.15) is 31.7 Å². The van der Waals surface area contributed by atoms with Gasteiger partial charge in [-0.25, -0.2) is 0 Å². The van der Waals surface area contributed by atoms with Gasteiger partial charge < -0.3 is 9.47 Å². The van der Waals surface area contributed by atoms with Gasteiger partial charge in [-0.1, -0.05) is 26.0 Å². The van der Waals surface area contributed by atoms with Crippen molar-refractivity contribution in [2.24, 2.45) is 0 Å². The predicted molar refractivity (Wildman–Crippen MR) is 70.0 cm³/mol. The summed E-state index contributed by atoms with van der Waals surface area (Å²) in [7, 11) is 1.68. The van der Waals surface area contributed by atoms with Crippen molar-refractivity contribution in [1.82, 2.24) is 0 Å². The van der Waals surface area contributed by atoms with E-state index in [2.05, 4.69) is 26.0 Å². The zero-order valence-corrected chi connectivity index (χ0v) is 11.3. The van der Waals surface area contributed by atoms with Gasteiger partial charge in [0.2, 0.25) is 0 Å². The summed E-state index contributed by atoms with van der Waals surface area (Å²) < 4.78 is 11.2. The van der Waals surface area contributed by atoms with Crippen LogP contribution < -0.4 is 4.74 Å². The van der Waals surface area contributed by atoms with Crippen molar-refractivity contribution in [3.63, 3.8) is 0 Å². The Hall–Kier alpha value is -0.730. The predicted octanol–water partition coefficient (Wildman–Crippen LogP) is 3.58. The molecule has 3 atom stereocenters. The van der Waals surface area contributed by atoms with E-state index in [1.165, 1.54) is 5.56 Å². The second-order valence-electron chi connectivity index (χ2n) is 4.84. The fourth-order valence-electron chi connectivity index (χ4n) is 2.06. The van der Waals surface area contributed by atoms with E-state index in [-0.39, 0.29) is 17.6 Å². The molecule has 1 aromatic carbocycles. The van der Waals surface area contributed by atoms with Gasteiger partial charge in [0.25, 0.3) is 0 Å². The summed E-state index contributed by atoms with van der Waals surface area (Å²) in [6.45, 7) is 4.35. The Labute approximate surface area is 108 Å². The number of hydrogen-bond donors (Lipinski definition) is 0. The number of rotatable bonds is 4. The van der Waals surface area contributed by atoms with Gasteiger partial charge in [-0.05, 0) is 23.6 Å². The van der Waals surface area contributed by atoms with Crippen molar-refractivity contribution in [2.75, 3.05) is 7.11 Å². The summed E-state index contributed by atoms with van der Waals surface area (Å²) in [5.74, 6) is 1.42. The largest absolute Gasteiger partial charge is 0.488 e. The van der Waals surface area contributed by atoms with E-state index in [0.29, 0.717) is 5.92 Å². The molecular formula is C14H19ClO2. The lowest BCUT2D eigenvalue weighted by molar-refractivity contribution is -0.0583. The van der Waals surface area contributed by atoms with Crippen LogP contribution in [0.5, 0.6) is 5.75 Å². The van der Waals surface area contributed by atoms with Crippen molar-refractivity contribution in [1.29, 1.82) is 0 Å². The summed E-state index contributed by atoms with van der Waals surface area (Å²) in [5, 5.41) is 0.0817. The molecule has 3 unspecified atom stereocenters. The number of hydrogen-bond acceptors (Lipinski definition) is 2. The average molecular weight is 255 g/mol. The van der Waals surface area contributed by atoms with E-state index >= 15 is 0 Å². The van der Waals surface area contributed by atoms with Crippen LogP contribution in [0.4, 0.5) is 0 Å². The van der Waals surface area contributed by atoms with E-state index in [9.17, 15) is 0 Å². The zero-order chi connectivity index (χ0) is 12.4. The second kappa shape index (κ2) is 5.28. The number of halogens is 1. The van der Waals surface area contributed by atoms with Crippen LogP contribution in [0.3, 0.4) is 0 Å². The fraction of sp³-hybridized carbons (Fsp3) is 0.571. The lowest BCUT2D eigenvalue weighted by Gasteiger charge is -2.39. The van der Waals surface area contributed by atoms with Crippen LogP contribution in [0.2, 0.25) is 0 Å². The Kier molecular flexibility index (Phi) is 3.95. The first-order valence-corrected chi connectivity index (χ1v) is 6.49. The second-order valence-corrected chi connectivity index (χ2v) is 5.40. The fourth-order valence-corrected chi connectivity index (χ4v) is 2.50. The molecule has 1 aromatic rings. The van der Waals surface area contributed by atoms with Gasteiger partial charge >= 0.3 is 0 Å². The molecule has 17 heavy (non-hydrogen) atoms. The standard InChI is InChI=1S/C14H19ClO2/c1-9(2)10-5-4-6-11(7-10)17-13-8-12(15)14(13)16-3/h4-7,9,12-14H,8H2,1-3H3. The number of methoxy groups -OCH3 is 1. The van der Waals surface area contributed by atoms with Crippen molar-refractivity contribution in [3.8, 4) is 5.75 Å². The maximum Gasteiger partial charge on any atom is 0.128 e. The quantitative estimate of drug-likeness (QED) is 0.765. The highest BCUT2D eigenvalue weighted by Crippen LogP contribution is 2.33. The molecule has 0 amide bonds. The minimum Gasteiger partial charge on any atom is -0.488 e. The molecule has 0 aromatic heterocycles. The normalized spacial score (nSPS) is 27.9. The molecule has 1 aliphatic carbocycles. The average Bonchev–Trinajstić information content (AvgIpc) is 2.29. The maximum absolute atomic E-state index is 6.05. The first-order valence-electron chi connectivity index (χ1n) is 6.05. The van der Waals surface area contributed by atoms with Gasteiger partial charge in [-0.2, -0.15) is 0 Å². The molecule has 0 bridgehead atoms. The van der Waals surface area contributed by atoms with E-state index in [1.54, 1.807) is 7.11 Å². The van der Waals surface area contributed by atoms with E-state index < -0.39 is 0 Å². The van der Waals surface area contributed by atoms with Crippen LogP contribution in [0, 0.1) is 0 Å². The molecule has 1 aliphatic rings. The third-order valence-electron chi connectivity index (χ3n) is 3.26. The SMILES string of the molecule is COC1C(Cl)CC1Oc1cccc(C(C)C)c1. The lowest BCUT2D eigenvalue weighted by Crippen LogP contribution is -2.52. The van der Waals surface area contributed by atoms with Crippen molar-refractivity contribution in [3.05, 3.63) is 29.8 Å². The van der Waals surface area contributed by atoms with Crippen molar-refractivity contribution >= 4 is 11.6 Å². The number of benzene rings is 1. The van der Waals surface area contributed by atoms with E-state index in [4.69, 9.17) is 21.1 Å². The molecule has 0 radical (unpaired) electrons. The van der Waals surface area contributed by atoms with E-state index in [0.717, 1.165) is 12.2 Å². The van der Waals surface area contributed by atoms with Gasteiger partial charge in [0.15, 0.2) is 0 Å². The molecule has 1 fully saturated rings. The molecule has 0 aliphatic heterocycles. The zero-order valence-electron chi connectivity index (χ0n) is 10.5. The number of ether oxygens (including phenoxy) is 2. The van der Waals surface area contributed by atoms with Crippen LogP contribution in [0.15, 0.2) is 24.3 Å². The minimum atomic E-state index is 0.0133. The van der Waals surface area contributed by atoms with Gasteiger partial charge in [0, 0.05) is 13.5 Å². The van der Waals surface area contributed by atoms with Crippen molar-refractivity contribution in [2.45, 2.75) is 43.8 Å². The summed E-state index contributed by atoms with van der Waals surface area (Å²) in [5.41, 5.74) is 1.29.